The van der Waals surface area contributed by atoms with Crippen molar-refractivity contribution in [3.05, 3.63) is 54.6 Å². The fraction of sp³-hybridized carbons (Fsp3) is 0.222. The Balaban J connectivity index is 1.97. The largest absolute Gasteiger partial charge is 0.326 e. The van der Waals surface area contributed by atoms with Gasteiger partial charge in [-0.1, -0.05) is 25.1 Å². The quantitative estimate of drug-likeness (QED) is 0.691. The molecule has 138 valence electrons. The van der Waals surface area contributed by atoms with Crippen molar-refractivity contribution in [3.8, 4) is 0 Å². The first-order valence-electron chi connectivity index (χ1n) is 8.10. The van der Waals surface area contributed by atoms with Gasteiger partial charge in [0.25, 0.3) is 0 Å². The van der Waals surface area contributed by atoms with Crippen LogP contribution in [0.3, 0.4) is 0 Å². The molecule has 2 rings (SSSR count). The summed E-state index contributed by atoms with van der Waals surface area (Å²) in [5, 5.41) is 5.33. The number of hydrogen-bond acceptors (Lipinski definition) is 4. The van der Waals surface area contributed by atoms with E-state index in [1.807, 2.05) is 0 Å². The van der Waals surface area contributed by atoms with Gasteiger partial charge in [0.1, 0.15) is 0 Å². The third-order valence-corrected chi connectivity index (χ3v) is 5.09. The Kier molecular flexibility index (Phi) is 6.48. The first-order chi connectivity index (χ1) is 12.3. The summed E-state index contributed by atoms with van der Waals surface area (Å²) in [5.41, 5.74) is 1.11. The summed E-state index contributed by atoms with van der Waals surface area (Å²) in [6.07, 6.45) is 0.373. The highest BCUT2D eigenvalue weighted by Gasteiger charge is 2.21. The van der Waals surface area contributed by atoms with Gasteiger partial charge in [-0.05, 0) is 43.3 Å². The summed E-state index contributed by atoms with van der Waals surface area (Å²) in [7, 11) is -3.78. The fourth-order valence-electron chi connectivity index (χ4n) is 2.09. The van der Waals surface area contributed by atoms with Gasteiger partial charge < -0.3 is 10.6 Å². The van der Waals surface area contributed by atoms with Crippen LogP contribution in [0, 0.1) is 0 Å². The normalized spacial score (nSPS) is 12.2. The Morgan fingerprint density at radius 2 is 1.46 bits per heavy atom. The van der Waals surface area contributed by atoms with Crippen LogP contribution in [0.1, 0.15) is 20.3 Å². The molecule has 0 saturated heterocycles. The van der Waals surface area contributed by atoms with Crippen molar-refractivity contribution in [2.24, 2.45) is 0 Å². The lowest BCUT2D eigenvalue weighted by Gasteiger charge is -2.15. The predicted octanol–water partition coefficient (Wildman–Crippen LogP) is 2.34. The molecule has 0 unspecified atom stereocenters. The molecule has 0 bridgehead atoms. The SMILES string of the molecule is CCC(=O)Nc1ccc(NC(=O)[C@H](C)NS(=O)(=O)c2ccccc2)cc1. The van der Waals surface area contributed by atoms with Gasteiger partial charge in [0.2, 0.25) is 21.8 Å². The average molecular weight is 375 g/mol. The number of benzene rings is 2. The first kappa shape index (κ1) is 19.6. The van der Waals surface area contributed by atoms with E-state index >= 15 is 0 Å². The molecule has 0 aliphatic rings. The molecule has 0 saturated carbocycles. The van der Waals surface area contributed by atoms with E-state index in [0.717, 1.165) is 0 Å². The third kappa shape index (κ3) is 5.40. The standard InChI is InChI=1S/C18H21N3O4S/c1-3-17(22)19-14-9-11-15(12-10-14)20-18(23)13(2)21-26(24,25)16-7-5-4-6-8-16/h4-13,21H,3H2,1-2H3,(H,19,22)(H,20,23)/t13-/m0/s1. The molecular formula is C18H21N3O4S. The zero-order valence-electron chi connectivity index (χ0n) is 14.5. The summed E-state index contributed by atoms with van der Waals surface area (Å²) in [5.74, 6) is -0.597. The second-order valence-corrected chi connectivity index (χ2v) is 7.34. The van der Waals surface area contributed by atoms with Crippen molar-refractivity contribution in [1.82, 2.24) is 4.72 Å². The Morgan fingerprint density at radius 1 is 0.923 bits per heavy atom. The maximum atomic E-state index is 12.2. The lowest BCUT2D eigenvalue weighted by molar-refractivity contribution is -0.117. The van der Waals surface area contributed by atoms with Crippen molar-refractivity contribution in [2.75, 3.05) is 10.6 Å². The van der Waals surface area contributed by atoms with E-state index in [4.69, 9.17) is 0 Å². The molecule has 0 fully saturated rings. The highest BCUT2D eigenvalue weighted by molar-refractivity contribution is 7.89. The number of carbonyl (C=O) groups is 2. The molecule has 0 aliphatic carbocycles. The van der Waals surface area contributed by atoms with E-state index in [-0.39, 0.29) is 10.8 Å². The van der Waals surface area contributed by atoms with E-state index < -0.39 is 22.0 Å². The van der Waals surface area contributed by atoms with Gasteiger partial charge in [0.05, 0.1) is 10.9 Å². The van der Waals surface area contributed by atoms with E-state index in [1.165, 1.54) is 19.1 Å². The molecule has 2 aromatic rings. The highest BCUT2D eigenvalue weighted by atomic mass is 32.2. The molecule has 7 nitrogen and oxygen atoms in total. The van der Waals surface area contributed by atoms with Crippen molar-refractivity contribution < 1.29 is 18.0 Å². The Hall–Kier alpha value is -2.71. The summed E-state index contributed by atoms with van der Waals surface area (Å²) in [6, 6.07) is 13.4. The molecule has 0 aliphatic heterocycles. The maximum Gasteiger partial charge on any atom is 0.242 e. The van der Waals surface area contributed by atoms with Gasteiger partial charge >= 0.3 is 0 Å². The number of carbonyl (C=O) groups excluding carboxylic acids is 2. The van der Waals surface area contributed by atoms with Gasteiger partial charge in [-0.3, -0.25) is 9.59 Å². The summed E-state index contributed by atoms with van der Waals surface area (Å²) >= 11 is 0. The second kappa shape index (κ2) is 8.59. The van der Waals surface area contributed by atoms with E-state index in [2.05, 4.69) is 15.4 Å². The Morgan fingerprint density at radius 3 is 2.00 bits per heavy atom. The van der Waals surface area contributed by atoms with Crippen molar-refractivity contribution in [1.29, 1.82) is 0 Å². The van der Waals surface area contributed by atoms with Gasteiger partial charge in [-0.25, -0.2) is 8.42 Å². The summed E-state index contributed by atoms with van der Waals surface area (Å²) < 4.78 is 26.8. The van der Waals surface area contributed by atoms with E-state index in [0.29, 0.717) is 17.8 Å². The third-order valence-electron chi connectivity index (χ3n) is 3.54. The Labute approximate surface area is 152 Å². The van der Waals surface area contributed by atoms with Gasteiger partial charge in [-0.2, -0.15) is 4.72 Å². The molecule has 0 heterocycles. The summed E-state index contributed by atoms with van der Waals surface area (Å²) in [4.78, 5) is 23.7. The fourth-order valence-corrected chi connectivity index (χ4v) is 3.31. The lowest BCUT2D eigenvalue weighted by Crippen LogP contribution is -2.41. The molecule has 26 heavy (non-hydrogen) atoms. The zero-order chi connectivity index (χ0) is 19.2. The van der Waals surface area contributed by atoms with Crippen molar-refractivity contribution in [3.63, 3.8) is 0 Å². The number of nitrogens with one attached hydrogen (secondary N) is 3. The molecule has 2 amide bonds. The minimum Gasteiger partial charge on any atom is -0.326 e. The predicted molar refractivity (Wildman–Crippen MR) is 100 cm³/mol. The molecule has 8 heteroatoms. The molecule has 0 aromatic heterocycles. The topological polar surface area (TPSA) is 104 Å². The van der Waals surface area contributed by atoms with Crippen LogP contribution in [0.2, 0.25) is 0 Å². The van der Waals surface area contributed by atoms with Gasteiger partial charge in [-0.15, -0.1) is 0 Å². The lowest BCUT2D eigenvalue weighted by atomic mass is 10.2. The molecule has 0 spiro atoms. The molecule has 3 N–H and O–H groups in total. The van der Waals surface area contributed by atoms with Crippen LogP contribution in [0.25, 0.3) is 0 Å². The van der Waals surface area contributed by atoms with Crippen molar-refractivity contribution >= 4 is 33.2 Å². The van der Waals surface area contributed by atoms with Crippen LogP contribution >= 0.6 is 0 Å². The number of anilines is 2. The van der Waals surface area contributed by atoms with Crippen LogP contribution < -0.4 is 15.4 Å². The average Bonchev–Trinajstić information content (AvgIpc) is 2.63. The van der Waals surface area contributed by atoms with Crippen LogP contribution in [0.4, 0.5) is 11.4 Å². The van der Waals surface area contributed by atoms with E-state index in [9.17, 15) is 18.0 Å². The number of amides is 2. The highest BCUT2D eigenvalue weighted by Crippen LogP contribution is 2.14. The molecular weight excluding hydrogens is 354 g/mol. The zero-order valence-corrected chi connectivity index (χ0v) is 15.3. The van der Waals surface area contributed by atoms with Gasteiger partial charge in [0.15, 0.2) is 0 Å². The first-order valence-corrected chi connectivity index (χ1v) is 9.58. The summed E-state index contributed by atoms with van der Waals surface area (Å²) in [6.45, 7) is 3.22. The van der Waals surface area contributed by atoms with Crippen LogP contribution in [-0.2, 0) is 19.6 Å². The molecule has 2 aromatic carbocycles. The van der Waals surface area contributed by atoms with Gasteiger partial charge in [0, 0.05) is 17.8 Å². The van der Waals surface area contributed by atoms with Crippen LogP contribution in [0.15, 0.2) is 59.5 Å². The molecule has 1 atom stereocenters. The van der Waals surface area contributed by atoms with E-state index in [1.54, 1.807) is 49.4 Å². The van der Waals surface area contributed by atoms with Crippen LogP contribution in [-0.4, -0.2) is 26.3 Å². The maximum absolute atomic E-state index is 12.2. The number of sulfonamides is 1. The minimum absolute atomic E-state index is 0.0932. The monoisotopic (exact) mass is 375 g/mol. The second-order valence-electron chi connectivity index (χ2n) is 5.62. The van der Waals surface area contributed by atoms with Crippen LogP contribution in [0.5, 0.6) is 0 Å². The minimum atomic E-state index is -3.78. The Bertz CT molecular complexity index is 865. The number of hydrogen-bond donors (Lipinski definition) is 3. The molecule has 0 radical (unpaired) electrons. The smallest absolute Gasteiger partial charge is 0.242 e. The number of rotatable bonds is 7. The van der Waals surface area contributed by atoms with Crippen molar-refractivity contribution in [2.45, 2.75) is 31.2 Å².